The molecule has 2 aromatic rings. The lowest BCUT2D eigenvalue weighted by atomic mass is 9.92. The second kappa shape index (κ2) is 5.83. The Balaban J connectivity index is 1.80. The number of benzene rings is 1. The normalized spacial score (nSPS) is 16.7. The Kier molecular flexibility index (Phi) is 3.85. The molecule has 7 nitrogen and oxygen atoms in total. The van der Waals surface area contributed by atoms with Crippen LogP contribution in [0.5, 0.6) is 0 Å². The largest absolute Gasteiger partial charge is 0.345 e. The number of nitrogens with zero attached hydrogens (tertiary/aromatic N) is 3. The van der Waals surface area contributed by atoms with Crippen LogP contribution in [0.4, 0.5) is 5.69 Å². The topological polar surface area (TPSA) is 90.1 Å². The van der Waals surface area contributed by atoms with Crippen molar-refractivity contribution in [3.8, 4) is 0 Å². The Morgan fingerprint density at radius 2 is 2.26 bits per heavy atom. The van der Waals surface area contributed by atoms with Gasteiger partial charge in [0, 0.05) is 35.5 Å². The minimum Gasteiger partial charge on any atom is -0.345 e. The third-order valence-corrected chi connectivity index (χ3v) is 4.34. The van der Waals surface area contributed by atoms with Crippen LogP contribution in [-0.2, 0) is 13.5 Å². The summed E-state index contributed by atoms with van der Waals surface area (Å²) in [5.41, 5.74) is 3.15. The Morgan fingerprint density at radius 1 is 1.48 bits per heavy atom. The molecule has 7 heteroatoms. The second-order valence-electron chi connectivity index (χ2n) is 5.85. The monoisotopic (exact) mass is 314 g/mol. The van der Waals surface area contributed by atoms with Gasteiger partial charge < -0.3 is 5.32 Å². The molecule has 120 valence electrons. The molecule has 0 bridgehead atoms. The maximum absolute atomic E-state index is 12.5. The Bertz CT molecular complexity index is 782. The molecule has 1 heterocycles. The van der Waals surface area contributed by atoms with Gasteiger partial charge in [-0.25, -0.2) is 0 Å². The first kappa shape index (κ1) is 15.2. The molecule has 0 saturated carbocycles. The van der Waals surface area contributed by atoms with Crippen molar-refractivity contribution < 1.29 is 9.72 Å². The average Bonchev–Trinajstić information content (AvgIpc) is 2.89. The van der Waals surface area contributed by atoms with E-state index < -0.39 is 4.92 Å². The predicted octanol–water partition coefficient (Wildman–Crippen LogP) is 2.44. The number of rotatable bonds is 3. The summed E-state index contributed by atoms with van der Waals surface area (Å²) in [4.78, 5) is 22.9. The van der Waals surface area contributed by atoms with E-state index in [1.54, 1.807) is 19.2 Å². The molecule has 0 unspecified atom stereocenters. The lowest BCUT2D eigenvalue weighted by molar-refractivity contribution is -0.385. The SMILES string of the molecule is Cc1cc(C(=O)N[C@H]2CCCc3c2cnn3C)ccc1[N+](=O)[O-]. The second-order valence-corrected chi connectivity index (χ2v) is 5.85. The number of carbonyl (C=O) groups excluding carboxylic acids is 1. The standard InChI is InChI=1S/C16H18N4O3/c1-10-8-11(6-7-14(10)20(22)23)16(21)18-13-4-3-5-15-12(13)9-17-19(15)2/h6-9,13H,3-5H2,1-2H3,(H,18,21)/t13-/m0/s1. The third-order valence-electron chi connectivity index (χ3n) is 4.34. The maximum atomic E-state index is 12.5. The number of nitro benzene ring substituents is 1. The molecule has 1 aromatic heterocycles. The minimum atomic E-state index is -0.444. The summed E-state index contributed by atoms with van der Waals surface area (Å²) in [5, 5.41) is 18.1. The van der Waals surface area contributed by atoms with E-state index in [-0.39, 0.29) is 17.6 Å². The van der Waals surface area contributed by atoms with Crippen LogP contribution < -0.4 is 5.32 Å². The van der Waals surface area contributed by atoms with Crippen molar-refractivity contribution in [2.75, 3.05) is 0 Å². The minimum absolute atomic E-state index is 0.0220. The van der Waals surface area contributed by atoms with E-state index in [1.807, 2.05) is 11.7 Å². The zero-order valence-electron chi connectivity index (χ0n) is 13.1. The van der Waals surface area contributed by atoms with Crippen molar-refractivity contribution in [2.24, 2.45) is 7.05 Å². The highest BCUT2D eigenvalue weighted by atomic mass is 16.6. The molecule has 3 rings (SSSR count). The van der Waals surface area contributed by atoms with E-state index in [0.29, 0.717) is 11.1 Å². The summed E-state index contributed by atoms with van der Waals surface area (Å²) >= 11 is 0. The summed E-state index contributed by atoms with van der Waals surface area (Å²) in [7, 11) is 1.91. The molecule has 1 aliphatic carbocycles. The van der Waals surface area contributed by atoms with E-state index in [0.717, 1.165) is 30.5 Å². The van der Waals surface area contributed by atoms with Gasteiger partial charge in [0.15, 0.2) is 0 Å². The summed E-state index contributed by atoms with van der Waals surface area (Å²) in [6.45, 7) is 1.63. The molecule has 23 heavy (non-hydrogen) atoms. The molecular formula is C16H18N4O3. The van der Waals surface area contributed by atoms with Crippen LogP contribution in [0.1, 0.15) is 46.1 Å². The van der Waals surface area contributed by atoms with E-state index in [4.69, 9.17) is 0 Å². The number of carbonyl (C=O) groups is 1. The number of hydrogen-bond donors (Lipinski definition) is 1. The van der Waals surface area contributed by atoms with Crippen molar-refractivity contribution in [2.45, 2.75) is 32.2 Å². The molecule has 0 aliphatic heterocycles. The van der Waals surface area contributed by atoms with E-state index in [2.05, 4.69) is 10.4 Å². The molecule has 1 aromatic carbocycles. The van der Waals surface area contributed by atoms with Crippen molar-refractivity contribution in [3.05, 3.63) is 56.9 Å². The van der Waals surface area contributed by atoms with Crippen molar-refractivity contribution >= 4 is 11.6 Å². The fraction of sp³-hybridized carbons (Fsp3) is 0.375. The van der Waals surface area contributed by atoms with E-state index in [9.17, 15) is 14.9 Å². The van der Waals surface area contributed by atoms with Crippen LogP contribution in [0.2, 0.25) is 0 Å². The van der Waals surface area contributed by atoms with Crippen molar-refractivity contribution in [1.29, 1.82) is 0 Å². The zero-order valence-corrected chi connectivity index (χ0v) is 13.1. The van der Waals surface area contributed by atoms with Gasteiger partial charge >= 0.3 is 0 Å². The smallest absolute Gasteiger partial charge is 0.272 e. The van der Waals surface area contributed by atoms with Gasteiger partial charge in [-0.1, -0.05) is 0 Å². The highest BCUT2D eigenvalue weighted by Crippen LogP contribution is 2.29. The van der Waals surface area contributed by atoms with Crippen molar-refractivity contribution in [3.63, 3.8) is 0 Å². The highest BCUT2D eigenvalue weighted by Gasteiger charge is 2.25. The van der Waals surface area contributed by atoms with Crippen LogP contribution in [-0.4, -0.2) is 20.6 Å². The summed E-state index contributed by atoms with van der Waals surface area (Å²) in [6, 6.07) is 4.37. The quantitative estimate of drug-likeness (QED) is 0.696. The summed E-state index contributed by atoms with van der Waals surface area (Å²) in [6.07, 6.45) is 4.64. The molecule has 1 amide bonds. The van der Waals surface area contributed by atoms with E-state index >= 15 is 0 Å². The first-order valence-corrected chi connectivity index (χ1v) is 7.54. The van der Waals surface area contributed by atoms with Gasteiger partial charge in [-0.2, -0.15) is 5.10 Å². The molecule has 0 spiro atoms. The predicted molar refractivity (Wildman–Crippen MR) is 84.2 cm³/mol. The van der Waals surface area contributed by atoms with Gasteiger partial charge in [0.05, 0.1) is 17.2 Å². The molecule has 1 N–H and O–H groups in total. The zero-order chi connectivity index (χ0) is 16.6. The first-order chi connectivity index (χ1) is 11.0. The number of nitro groups is 1. The van der Waals surface area contributed by atoms with Gasteiger partial charge in [0.2, 0.25) is 0 Å². The van der Waals surface area contributed by atoms with Gasteiger partial charge in [-0.05, 0) is 38.3 Å². The van der Waals surface area contributed by atoms with Crippen LogP contribution >= 0.6 is 0 Å². The summed E-state index contributed by atoms with van der Waals surface area (Å²) in [5.74, 6) is -0.218. The Morgan fingerprint density at radius 3 is 2.96 bits per heavy atom. The number of hydrogen-bond acceptors (Lipinski definition) is 4. The number of aromatic nitrogens is 2. The molecule has 1 aliphatic rings. The molecule has 0 fully saturated rings. The van der Waals surface area contributed by atoms with Crippen LogP contribution in [0.15, 0.2) is 24.4 Å². The van der Waals surface area contributed by atoms with Gasteiger partial charge in [0.1, 0.15) is 0 Å². The fourth-order valence-corrected chi connectivity index (χ4v) is 3.10. The van der Waals surface area contributed by atoms with Crippen LogP contribution in [0.3, 0.4) is 0 Å². The fourth-order valence-electron chi connectivity index (χ4n) is 3.10. The molecular weight excluding hydrogens is 296 g/mol. The lowest BCUT2D eigenvalue weighted by Gasteiger charge is -2.23. The molecule has 0 saturated heterocycles. The van der Waals surface area contributed by atoms with Crippen LogP contribution in [0, 0.1) is 17.0 Å². The number of aryl methyl sites for hydroxylation is 2. The van der Waals surface area contributed by atoms with Gasteiger partial charge in [-0.15, -0.1) is 0 Å². The van der Waals surface area contributed by atoms with Crippen molar-refractivity contribution in [1.82, 2.24) is 15.1 Å². The first-order valence-electron chi connectivity index (χ1n) is 7.54. The van der Waals surface area contributed by atoms with Gasteiger partial charge in [0.25, 0.3) is 11.6 Å². The average molecular weight is 314 g/mol. The highest BCUT2D eigenvalue weighted by molar-refractivity contribution is 5.95. The number of nitrogens with one attached hydrogen (secondary N) is 1. The van der Waals surface area contributed by atoms with Gasteiger partial charge in [-0.3, -0.25) is 19.6 Å². The Hall–Kier alpha value is -2.70. The maximum Gasteiger partial charge on any atom is 0.272 e. The number of fused-ring (bicyclic) bond motifs is 1. The molecule has 1 atom stereocenters. The number of amides is 1. The summed E-state index contributed by atoms with van der Waals surface area (Å²) < 4.78 is 1.85. The molecule has 0 radical (unpaired) electrons. The van der Waals surface area contributed by atoms with Crippen LogP contribution in [0.25, 0.3) is 0 Å². The third kappa shape index (κ3) is 2.81. The Labute approximate surface area is 133 Å². The van der Waals surface area contributed by atoms with E-state index in [1.165, 1.54) is 12.1 Å². The lowest BCUT2D eigenvalue weighted by Crippen LogP contribution is -2.31.